The topological polar surface area (TPSA) is 41.9 Å². The third-order valence-electron chi connectivity index (χ3n) is 4.39. The van der Waals surface area contributed by atoms with E-state index in [1.165, 1.54) is 0 Å². The van der Waals surface area contributed by atoms with Gasteiger partial charge in [-0.25, -0.2) is 0 Å². The van der Waals surface area contributed by atoms with Crippen molar-refractivity contribution in [2.45, 2.75) is 18.9 Å². The van der Waals surface area contributed by atoms with Crippen LogP contribution in [0, 0.1) is 5.92 Å². The van der Waals surface area contributed by atoms with E-state index in [1.54, 1.807) is 14.2 Å². The fourth-order valence-electron chi connectivity index (χ4n) is 3.19. The molecule has 1 aromatic carbocycles. The molecule has 0 aliphatic carbocycles. The summed E-state index contributed by atoms with van der Waals surface area (Å²) < 4.78 is 10.7. The molecule has 2 bridgehead atoms. The van der Waals surface area contributed by atoms with Gasteiger partial charge in [0.15, 0.2) is 0 Å². The largest absolute Gasteiger partial charge is 0.497 e. The summed E-state index contributed by atoms with van der Waals surface area (Å²) in [6.07, 6.45) is 3.87. The van der Waals surface area contributed by atoms with Gasteiger partial charge in [0.05, 0.1) is 20.3 Å². The molecule has 20 heavy (non-hydrogen) atoms. The van der Waals surface area contributed by atoms with E-state index in [-0.39, 0.29) is 6.10 Å². The molecule has 3 saturated heterocycles. The molecule has 0 aromatic heterocycles. The smallest absolute Gasteiger partial charge is 0.126 e. The molecule has 3 heterocycles. The third-order valence-corrected chi connectivity index (χ3v) is 4.39. The summed E-state index contributed by atoms with van der Waals surface area (Å²) >= 11 is 0. The van der Waals surface area contributed by atoms with Crippen LogP contribution >= 0.6 is 0 Å². The molecule has 4 rings (SSSR count). The molecule has 0 saturated carbocycles. The Morgan fingerprint density at radius 2 is 1.95 bits per heavy atom. The van der Waals surface area contributed by atoms with Crippen molar-refractivity contribution in [1.82, 2.24) is 4.90 Å². The first-order valence-electron chi connectivity index (χ1n) is 7.09. The van der Waals surface area contributed by atoms with Crippen LogP contribution in [0.4, 0.5) is 0 Å². The Morgan fingerprint density at radius 1 is 1.20 bits per heavy atom. The fraction of sp³-hybridized carbons (Fsp3) is 0.500. The zero-order valence-corrected chi connectivity index (χ0v) is 12.0. The summed E-state index contributed by atoms with van der Waals surface area (Å²) in [4.78, 5) is 2.28. The van der Waals surface area contributed by atoms with Crippen LogP contribution in [-0.2, 0) is 0 Å². The maximum atomic E-state index is 10.4. The normalized spacial score (nSPS) is 26.9. The Morgan fingerprint density at radius 3 is 2.55 bits per heavy atom. The van der Waals surface area contributed by atoms with E-state index in [1.807, 2.05) is 24.3 Å². The standard InChI is InChI=1S/C16H21NO3/c1-19-13-3-4-15(20-2)12(9-13)10-14-16(18)11-5-7-17(14)8-6-11/h3-4,9-11,16,18H,5-8H2,1-2H3/b14-10-/t16-/m0/s1. The second kappa shape index (κ2) is 5.37. The summed E-state index contributed by atoms with van der Waals surface area (Å²) in [5, 5.41) is 10.4. The summed E-state index contributed by atoms with van der Waals surface area (Å²) in [7, 11) is 3.31. The molecule has 1 N–H and O–H groups in total. The van der Waals surface area contributed by atoms with Gasteiger partial charge in [-0.3, -0.25) is 0 Å². The SMILES string of the molecule is COc1ccc(OC)c(/C=C2/[C@@H](O)C3CCN2CC3)c1. The molecule has 108 valence electrons. The Hall–Kier alpha value is -1.68. The Balaban J connectivity index is 1.98. The highest BCUT2D eigenvalue weighted by Gasteiger charge is 2.36. The van der Waals surface area contributed by atoms with E-state index in [4.69, 9.17) is 9.47 Å². The van der Waals surface area contributed by atoms with Gasteiger partial charge in [0.25, 0.3) is 0 Å². The van der Waals surface area contributed by atoms with Crippen LogP contribution < -0.4 is 9.47 Å². The lowest BCUT2D eigenvalue weighted by molar-refractivity contribution is 0.0215. The minimum atomic E-state index is -0.353. The summed E-state index contributed by atoms with van der Waals surface area (Å²) in [5.74, 6) is 2.00. The van der Waals surface area contributed by atoms with Crippen molar-refractivity contribution in [2.75, 3.05) is 27.3 Å². The van der Waals surface area contributed by atoms with E-state index >= 15 is 0 Å². The van der Waals surface area contributed by atoms with Gasteiger partial charge in [-0.2, -0.15) is 0 Å². The Kier molecular flexibility index (Phi) is 3.57. The van der Waals surface area contributed by atoms with E-state index in [2.05, 4.69) is 4.90 Å². The molecule has 3 aliphatic heterocycles. The molecule has 0 unspecified atom stereocenters. The van der Waals surface area contributed by atoms with Crippen LogP contribution in [0.3, 0.4) is 0 Å². The first-order chi connectivity index (χ1) is 9.72. The van der Waals surface area contributed by atoms with Gasteiger partial charge in [-0.1, -0.05) is 0 Å². The van der Waals surface area contributed by atoms with Crippen LogP contribution in [0.15, 0.2) is 23.9 Å². The maximum absolute atomic E-state index is 10.4. The Labute approximate surface area is 119 Å². The number of hydrogen-bond acceptors (Lipinski definition) is 4. The van der Waals surface area contributed by atoms with Crippen LogP contribution in [0.25, 0.3) is 6.08 Å². The van der Waals surface area contributed by atoms with Crippen molar-refractivity contribution in [1.29, 1.82) is 0 Å². The lowest BCUT2D eigenvalue weighted by Gasteiger charge is -2.46. The summed E-state index contributed by atoms with van der Waals surface area (Å²) in [5.41, 5.74) is 1.97. The summed E-state index contributed by atoms with van der Waals surface area (Å²) in [6, 6.07) is 5.72. The van der Waals surface area contributed by atoms with Gasteiger partial charge in [0, 0.05) is 24.4 Å². The number of piperidine rings is 3. The average Bonchev–Trinajstić information content (AvgIpc) is 2.51. The average molecular weight is 275 g/mol. The number of ether oxygens (including phenoxy) is 2. The highest BCUT2D eigenvalue weighted by atomic mass is 16.5. The van der Waals surface area contributed by atoms with Crippen LogP contribution in [0.2, 0.25) is 0 Å². The third kappa shape index (κ3) is 2.24. The van der Waals surface area contributed by atoms with E-state index in [9.17, 15) is 5.11 Å². The molecule has 3 fully saturated rings. The van der Waals surface area contributed by atoms with Crippen LogP contribution in [0.1, 0.15) is 18.4 Å². The molecule has 3 aliphatic rings. The number of aliphatic hydroxyl groups is 1. The second-order valence-corrected chi connectivity index (χ2v) is 5.45. The van der Waals surface area contributed by atoms with Crippen molar-refractivity contribution in [3.05, 3.63) is 29.5 Å². The Bertz CT molecular complexity index is 514. The molecule has 0 amide bonds. The second-order valence-electron chi connectivity index (χ2n) is 5.45. The van der Waals surface area contributed by atoms with Crippen LogP contribution in [-0.4, -0.2) is 43.4 Å². The quantitative estimate of drug-likeness (QED) is 0.917. The van der Waals surface area contributed by atoms with Crippen molar-refractivity contribution >= 4 is 6.08 Å². The van der Waals surface area contributed by atoms with E-state index in [0.717, 1.165) is 48.7 Å². The van der Waals surface area contributed by atoms with Gasteiger partial charge in [-0.05, 0) is 43.0 Å². The number of hydrogen-bond donors (Lipinski definition) is 1. The molecule has 1 aromatic rings. The number of methoxy groups -OCH3 is 2. The fourth-order valence-corrected chi connectivity index (χ4v) is 3.19. The van der Waals surface area contributed by atoms with Crippen LogP contribution in [0.5, 0.6) is 11.5 Å². The van der Waals surface area contributed by atoms with Crippen molar-refractivity contribution < 1.29 is 14.6 Å². The number of fused-ring (bicyclic) bond motifs is 3. The number of rotatable bonds is 3. The van der Waals surface area contributed by atoms with Gasteiger partial charge >= 0.3 is 0 Å². The van der Waals surface area contributed by atoms with E-state index in [0.29, 0.717) is 5.92 Å². The maximum Gasteiger partial charge on any atom is 0.126 e. The van der Waals surface area contributed by atoms with Crippen molar-refractivity contribution in [2.24, 2.45) is 5.92 Å². The highest BCUT2D eigenvalue weighted by molar-refractivity contribution is 5.62. The zero-order valence-electron chi connectivity index (χ0n) is 12.0. The van der Waals surface area contributed by atoms with Gasteiger partial charge in [0.1, 0.15) is 11.5 Å². The lowest BCUT2D eigenvalue weighted by atomic mass is 9.83. The summed E-state index contributed by atoms with van der Waals surface area (Å²) in [6.45, 7) is 2.08. The highest BCUT2D eigenvalue weighted by Crippen LogP contribution is 2.37. The number of aliphatic hydroxyl groups excluding tert-OH is 1. The molecular formula is C16H21NO3. The molecular weight excluding hydrogens is 254 g/mol. The van der Waals surface area contributed by atoms with Gasteiger partial charge in [-0.15, -0.1) is 0 Å². The minimum Gasteiger partial charge on any atom is -0.497 e. The first kappa shape index (κ1) is 13.3. The van der Waals surface area contributed by atoms with Crippen molar-refractivity contribution in [3.8, 4) is 11.5 Å². The zero-order chi connectivity index (χ0) is 14.1. The van der Waals surface area contributed by atoms with Gasteiger partial charge in [0.2, 0.25) is 0 Å². The molecule has 0 radical (unpaired) electrons. The number of nitrogens with zero attached hydrogens (tertiary/aromatic N) is 1. The first-order valence-corrected chi connectivity index (χ1v) is 7.09. The molecule has 4 heteroatoms. The number of benzene rings is 1. The predicted molar refractivity (Wildman–Crippen MR) is 77.8 cm³/mol. The minimum absolute atomic E-state index is 0.353. The molecule has 1 atom stereocenters. The van der Waals surface area contributed by atoms with Crippen molar-refractivity contribution in [3.63, 3.8) is 0 Å². The molecule has 4 nitrogen and oxygen atoms in total. The lowest BCUT2D eigenvalue weighted by Crippen LogP contribution is -2.48. The van der Waals surface area contributed by atoms with E-state index < -0.39 is 0 Å². The molecule has 0 spiro atoms. The predicted octanol–water partition coefficient (Wildman–Crippen LogP) is 2.13. The monoisotopic (exact) mass is 275 g/mol. The van der Waals surface area contributed by atoms with Gasteiger partial charge < -0.3 is 19.5 Å².